The highest BCUT2D eigenvalue weighted by Gasteiger charge is 2.32. The molecule has 0 aromatic carbocycles. The number of rotatable bonds is 3. The molecule has 0 bridgehead atoms. The van der Waals surface area contributed by atoms with Crippen molar-refractivity contribution < 1.29 is 25.2 Å². The van der Waals surface area contributed by atoms with Crippen molar-refractivity contribution in [1.29, 1.82) is 0 Å². The molecule has 0 aromatic rings. The molecule has 1 rings (SSSR count). The first-order valence-electron chi connectivity index (χ1n) is 3.63. The Labute approximate surface area is 77.1 Å². The largest absolute Gasteiger partial charge is 0.400 e. The van der Waals surface area contributed by atoms with Crippen molar-refractivity contribution in [3.63, 3.8) is 0 Å². The lowest BCUT2D eigenvalue weighted by Gasteiger charge is -2.04. The van der Waals surface area contributed by atoms with Gasteiger partial charge >= 0.3 is 10.4 Å². The molecule has 1 atom stereocenters. The molecule has 0 saturated carbocycles. The van der Waals surface area contributed by atoms with Crippen molar-refractivity contribution in [2.75, 3.05) is 18.1 Å². The van der Waals surface area contributed by atoms with Gasteiger partial charge in [0.25, 0.3) is 0 Å². The van der Waals surface area contributed by atoms with Crippen LogP contribution in [-0.4, -0.2) is 41.1 Å². The maximum Gasteiger partial charge on any atom is 0.400 e. The molecule has 0 aliphatic carbocycles. The summed E-state index contributed by atoms with van der Waals surface area (Å²) in [4.78, 5) is 0. The molecule has 1 saturated heterocycles. The zero-order valence-corrected chi connectivity index (χ0v) is 8.60. The Morgan fingerprint density at radius 1 is 1.46 bits per heavy atom. The molecule has 0 spiro atoms. The van der Waals surface area contributed by atoms with Crippen LogP contribution in [0, 0.1) is 0 Å². The highest BCUT2D eigenvalue weighted by molar-refractivity contribution is 7.91. The fraction of sp³-hybridized carbons (Fsp3) is 1.00. The van der Waals surface area contributed by atoms with Crippen LogP contribution in [0.1, 0.15) is 6.92 Å². The summed E-state index contributed by atoms with van der Waals surface area (Å²) < 4.78 is 51.8. The molecule has 8 heteroatoms. The fourth-order valence-electron chi connectivity index (χ4n) is 0.858. The Bertz CT molecular complexity index is 366. The highest BCUT2D eigenvalue weighted by atomic mass is 32.3. The van der Waals surface area contributed by atoms with E-state index in [1.54, 1.807) is 0 Å². The maximum absolute atomic E-state index is 11.0. The van der Waals surface area contributed by atoms with E-state index in [9.17, 15) is 16.8 Å². The van der Waals surface area contributed by atoms with Crippen LogP contribution in [0.25, 0.3) is 0 Å². The standard InChI is InChI=1S/C5H10O6S2/c1-2-12(6,7)4-5-3-10-13(8,9)11-5/h5H,2-4H2,1H3. The lowest BCUT2D eigenvalue weighted by Crippen LogP contribution is -2.24. The Morgan fingerprint density at radius 2 is 2.08 bits per heavy atom. The minimum absolute atomic E-state index is 0.0348. The van der Waals surface area contributed by atoms with Gasteiger partial charge in [-0.1, -0.05) is 6.92 Å². The first-order chi connectivity index (χ1) is 5.85. The average molecular weight is 230 g/mol. The van der Waals surface area contributed by atoms with E-state index < -0.39 is 26.3 Å². The fourth-order valence-corrected chi connectivity index (χ4v) is 2.74. The van der Waals surface area contributed by atoms with E-state index in [2.05, 4.69) is 8.37 Å². The highest BCUT2D eigenvalue weighted by Crippen LogP contribution is 2.14. The van der Waals surface area contributed by atoms with Crippen LogP contribution in [-0.2, 0) is 28.6 Å². The smallest absolute Gasteiger partial charge is 0.245 e. The first-order valence-corrected chi connectivity index (χ1v) is 6.78. The van der Waals surface area contributed by atoms with E-state index >= 15 is 0 Å². The maximum atomic E-state index is 11.0. The van der Waals surface area contributed by atoms with E-state index in [1.807, 2.05) is 0 Å². The molecule has 0 aromatic heterocycles. The van der Waals surface area contributed by atoms with Crippen molar-refractivity contribution in [3.05, 3.63) is 0 Å². The average Bonchev–Trinajstić information content (AvgIpc) is 2.29. The van der Waals surface area contributed by atoms with Crippen molar-refractivity contribution in [1.82, 2.24) is 0 Å². The molecule has 6 nitrogen and oxygen atoms in total. The molecule has 13 heavy (non-hydrogen) atoms. The van der Waals surface area contributed by atoms with Gasteiger partial charge in [-0.05, 0) is 0 Å². The molecule has 1 aliphatic rings. The lowest BCUT2D eigenvalue weighted by molar-refractivity contribution is 0.260. The van der Waals surface area contributed by atoms with Crippen LogP contribution < -0.4 is 0 Å². The first kappa shape index (κ1) is 10.9. The quantitative estimate of drug-likeness (QED) is 0.623. The molecule has 1 fully saturated rings. The molecule has 1 heterocycles. The van der Waals surface area contributed by atoms with E-state index in [0.29, 0.717) is 0 Å². The van der Waals surface area contributed by atoms with Crippen LogP contribution in [0.2, 0.25) is 0 Å². The summed E-state index contributed by atoms with van der Waals surface area (Å²) in [6, 6.07) is 0. The van der Waals surface area contributed by atoms with Crippen LogP contribution in [0.5, 0.6) is 0 Å². The normalized spacial score (nSPS) is 27.6. The van der Waals surface area contributed by atoms with Gasteiger partial charge in [0.2, 0.25) is 0 Å². The third kappa shape index (κ3) is 3.22. The van der Waals surface area contributed by atoms with E-state index in [0.717, 1.165) is 0 Å². The molecule has 0 radical (unpaired) electrons. The van der Waals surface area contributed by atoms with E-state index in [1.165, 1.54) is 6.92 Å². The van der Waals surface area contributed by atoms with E-state index in [4.69, 9.17) is 0 Å². The Morgan fingerprint density at radius 3 is 2.46 bits per heavy atom. The zero-order valence-electron chi connectivity index (χ0n) is 6.96. The van der Waals surface area contributed by atoms with Gasteiger partial charge in [0.05, 0.1) is 12.4 Å². The Kier molecular flexibility index (Phi) is 2.95. The van der Waals surface area contributed by atoms with Crippen molar-refractivity contribution in [2.45, 2.75) is 13.0 Å². The van der Waals surface area contributed by atoms with E-state index in [-0.39, 0.29) is 18.1 Å². The minimum Gasteiger partial charge on any atom is -0.245 e. The number of hydrogen-bond acceptors (Lipinski definition) is 6. The van der Waals surface area contributed by atoms with Gasteiger partial charge < -0.3 is 0 Å². The van der Waals surface area contributed by atoms with Gasteiger partial charge in [0, 0.05) is 5.75 Å². The molecule has 1 aliphatic heterocycles. The molecular formula is C5H10O6S2. The van der Waals surface area contributed by atoms with Crippen molar-refractivity contribution in [2.24, 2.45) is 0 Å². The van der Waals surface area contributed by atoms with Gasteiger partial charge in [0.1, 0.15) is 6.10 Å². The Balaban J connectivity index is 2.60. The van der Waals surface area contributed by atoms with Gasteiger partial charge in [-0.25, -0.2) is 16.8 Å². The second kappa shape index (κ2) is 3.52. The topological polar surface area (TPSA) is 86.7 Å². The summed E-state index contributed by atoms with van der Waals surface area (Å²) >= 11 is 0. The van der Waals surface area contributed by atoms with Crippen LogP contribution >= 0.6 is 0 Å². The number of hydrogen-bond donors (Lipinski definition) is 0. The predicted molar refractivity (Wildman–Crippen MR) is 44.1 cm³/mol. The molecule has 78 valence electrons. The molecule has 0 N–H and O–H groups in total. The zero-order chi connectivity index (χ0) is 10.1. The molecule has 1 unspecified atom stereocenters. The Hall–Kier alpha value is -0.180. The van der Waals surface area contributed by atoms with Gasteiger partial charge in [0.15, 0.2) is 9.84 Å². The third-order valence-corrected chi connectivity index (χ3v) is 4.22. The van der Waals surface area contributed by atoms with Crippen molar-refractivity contribution in [3.8, 4) is 0 Å². The summed E-state index contributed by atoms with van der Waals surface area (Å²) in [5, 5.41) is 0. The summed E-state index contributed by atoms with van der Waals surface area (Å²) in [6.07, 6.45) is -0.894. The second-order valence-corrected chi connectivity index (χ2v) is 6.25. The monoisotopic (exact) mass is 230 g/mol. The number of sulfone groups is 1. The van der Waals surface area contributed by atoms with Crippen LogP contribution in [0.3, 0.4) is 0 Å². The van der Waals surface area contributed by atoms with Gasteiger partial charge in [-0.2, -0.15) is 8.42 Å². The molecular weight excluding hydrogens is 220 g/mol. The SMILES string of the molecule is CCS(=O)(=O)CC1COS(=O)(=O)O1. The molecule has 0 amide bonds. The van der Waals surface area contributed by atoms with Crippen LogP contribution in [0.4, 0.5) is 0 Å². The second-order valence-electron chi connectivity index (χ2n) is 2.61. The minimum atomic E-state index is -3.94. The summed E-state index contributed by atoms with van der Waals surface area (Å²) in [5.74, 6) is -0.352. The van der Waals surface area contributed by atoms with Crippen molar-refractivity contribution >= 4 is 20.2 Å². The summed E-state index contributed by atoms with van der Waals surface area (Å²) in [6.45, 7) is 1.27. The van der Waals surface area contributed by atoms with Gasteiger partial charge in [-0.3, -0.25) is 0 Å². The third-order valence-electron chi connectivity index (χ3n) is 1.53. The lowest BCUT2D eigenvalue weighted by atomic mass is 10.4. The summed E-state index contributed by atoms with van der Waals surface area (Å²) in [7, 11) is -7.16. The van der Waals surface area contributed by atoms with Gasteiger partial charge in [-0.15, -0.1) is 0 Å². The predicted octanol–water partition coefficient (Wildman–Crippen LogP) is -0.919. The summed E-state index contributed by atoms with van der Waals surface area (Å²) in [5.41, 5.74) is 0. The van der Waals surface area contributed by atoms with Crippen LogP contribution in [0.15, 0.2) is 0 Å².